The van der Waals surface area contributed by atoms with Crippen LogP contribution in [0.1, 0.15) is 64.5 Å². The Morgan fingerprint density at radius 2 is 1.69 bits per heavy atom. The summed E-state index contributed by atoms with van der Waals surface area (Å²) in [7, 11) is 0. The van der Waals surface area contributed by atoms with E-state index in [-0.39, 0.29) is 24.6 Å². The molecule has 2 aromatic carbocycles. The highest BCUT2D eigenvalue weighted by atomic mass is 19.4. The largest absolute Gasteiger partial charge is 0.490 e. The SMILES string of the molecule is CC(C)(C)[C@H]1CC[C@H](Oc2ccc3cc(C(NCCC(=O)O)C(F)(F)F)ccc3c2)CC1. The van der Waals surface area contributed by atoms with Gasteiger partial charge in [-0.2, -0.15) is 13.2 Å². The molecule has 0 amide bonds. The molecule has 1 aliphatic rings. The number of carbonyl (C=O) groups is 1. The molecule has 0 saturated heterocycles. The number of carboxylic acids is 1. The molecule has 1 unspecified atom stereocenters. The maximum atomic E-state index is 13.5. The van der Waals surface area contributed by atoms with Crippen molar-refractivity contribution >= 4 is 16.7 Å². The summed E-state index contributed by atoms with van der Waals surface area (Å²) in [5, 5.41) is 12.5. The van der Waals surface area contributed by atoms with Gasteiger partial charge in [0.2, 0.25) is 0 Å². The van der Waals surface area contributed by atoms with Crippen LogP contribution < -0.4 is 10.1 Å². The highest BCUT2D eigenvalue weighted by Crippen LogP contribution is 2.39. The molecule has 176 valence electrons. The summed E-state index contributed by atoms with van der Waals surface area (Å²) < 4.78 is 46.8. The lowest BCUT2D eigenvalue weighted by Gasteiger charge is -2.37. The minimum atomic E-state index is -4.53. The molecule has 0 radical (unpaired) electrons. The van der Waals surface area contributed by atoms with E-state index in [1.165, 1.54) is 12.1 Å². The van der Waals surface area contributed by atoms with Crippen molar-refractivity contribution < 1.29 is 27.8 Å². The fourth-order valence-electron chi connectivity index (χ4n) is 4.48. The molecule has 0 aliphatic heterocycles. The molecule has 1 aliphatic carbocycles. The normalized spacial score (nSPS) is 20.8. The van der Waals surface area contributed by atoms with Gasteiger partial charge in [-0.1, -0.05) is 39.0 Å². The molecule has 2 N–H and O–H groups in total. The summed E-state index contributed by atoms with van der Waals surface area (Å²) in [6, 6.07) is 8.13. The maximum Gasteiger partial charge on any atom is 0.407 e. The third kappa shape index (κ3) is 6.37. The average molecular weight is 452 g/mol. The molecular formula is C25H32F3NO3. The number of hydrogen-bond acceptors (Lipinski definition) is 3. The second-order valence-corrected chi connectivity index (χ2v) is 9.80. The van der Waals surface area contributed by atoms with E-state index in [0.717, 1.165) is 36.8 Å². The third-order valence-electron chi connectivity index (χ3n) is 6.39. The summed E-state index contributed by atoms with van der Waals surface area (Å²) in [6.07, 6.45) is -0.446. The second kappa shape index (κ2) is 9.69. The van der Waals surface area contributed by atoms with Gasteiger partial charge in [0.1, 0.15) is 11.8 Å². The Bertz CT molecular complexity index is 928. The zero-order valence-electron chi connectivity index (χ0n) is 18.8. The number of hydrogen-bond donors (Lipinski definition) is 2. The van der Waals surface area contributed by atoms with Gasteiger partial charge in [0.25, 0.3) is 0 Å². The molecule has 32 heavy (non-hydrogen) atoms. The summed E-state index contributed by atoms with van der Waals surface area (Å²) in [5.74, 6) is 0.288. The van der Waals surface area contributed by atoms with E-state index < -0.39 is 18.2 Å². The van der Waals surface area contributed by atoms with Crippen LogP contribution in [0.2, 0.25) is 0 Å². The molecule has 0 aromatic heterocycles. The van der Waals surface area contributed by atoms with Crippen molar-refractivity contribution in [2.24, 2.45) is 11.3 Å². The highest BCUT2D eigenvalue weighted by molar-refractivity contribution is 5.84. The number of nitrogens with one attached hydrogen (secondary N) is 1. The lowest BCUT2D eigenvalue weighted by molar-refractivity contribution is -0.158. The minimum absolute atomic E-state index is 0.0598. The van der Waals surface area contributed by atoms with Crippen molar-refractivity contribution in [3.63, 3.8) is 0 Å². The van der Waals surface area contributed by atoms with Gasteiger partial charge < -0.3 is 15.2 Å². The topological polar surface area (TPSA) is 58.6 Å². The molecule has 7 heteroatoms. The van der Waals surface area contributed by atoms with Crippen LogP contribution in [0.5, 0.6) is 5.75 Å². The Labute approximate surface area is 187 Å². The van der Waals surface area contributed by atoms with Crippen LogP contribution >= 0.6 is 0 Å². The van der Waals surface area contributed by atoms with E-state index in [0.29, 0.717) is 16.7 Å². The molecular weight excluding hydrogens is 419 g/mol. The fourth-order valence-corrected chi connectivity index (χ4v) is 4.48. The first-order valence-corrected chi connectivity index (χ1v) is 11.2. The summed E-state index contributed by atoms with van der Waals surface area (Å²) in [6.45, 7) is 6.58. The van der Waals surface area contributed by atoms with Crippen LogP contribution in [-0.4, -0.2) is 29.9 Å². The van der Waals surface area contributed by atoms with Crippen molar-refractivity contribution in [1.82, 2.24) is 5.32 Å². The van der Waals surface area contributed by atoms with Crippen molar-refractivity contribution in [1.29, 1.82) is 0 Å². The molecule has 1 fully saturated rings. The number of alkyl halides is 3. The number of benzene rings is 2. The standard InChI is InChI=1S/C25H32F3NO3/c1-24(2,3)19-7-10-20(11-8-19)32-21-9-6-16-14-18(5-4-17(16)15-21)23(25(26,27)28)29-13-12-22(30)31/h4-6,9,14-15,19-20,23,29H,7-8,10-13H2,1-3H3,(H,30,31)/t19-,20-,23?. The number of fused-ring (bicyclic) bond motifs is 1. The number of halogens is 3. The van der Waals surface area contributed by atoms with E-state index >= 15 is 0 Å². The third-order valence-corrected chi connectivity index (χ3v) is 6.39. The Kier molecular flexibility index (Phi) is 7.38. The van der Waals surface area contributed by atoms with Gasteiger partial charge in [-0.05, 0) is 71.6 Å². The van der Waals surface area contributed by atoms with Crippen molar-refractivity contribution in [3.8, 4) is 5.75 Å². The number of ether oxygens (including phenoxy) is 1. The molecule has 0 bridgehead atoms. The lowest BCUT2D eigenvalue weighted by atomic mass is 9.72. The molecule has 4 nitrogen and oxygen atoms in total. The lowest BCUT2D eigenvalue weighted by Crippen LogP contribution is -2.35. The van der Waals surface area contributed by atoms with Crippen LogP contribution in [0.25, 0.3) is 10.8 Å². The number of aliphatic carboxylic acids is 1. The van der Waals surface area contributed by atoms with Gasteiger partial charge >= 0.3 is 12.1 Å². The first-order valence-electron chi connectivity index (χ1n) is 11.2. The van der Waals surface area contributed by atoms with Crippen LogP contribution in [0, 0.1) is 11.3 Å². The van der Waals surface area contributed by atoms with Crippen molar-refractivity contribution in [3.05, 3.63) is 42.0 Å². The Morgan fingerprint density at radius 3 is 2.28 bits per heavy atom. The molecule has 0 spiro atoms. The van der Waals surface area contributed by atoms with Gasteiger partial charge in [-0.25, -0.2) is 0 Å². The van der Waals surface area contributed by atoms with Crippen molar-refractivity contribution in [2.45, 2.75) is 71.2 Å². The summed E-state index contributed by atoms with van der Waals surface area (Å²) >= 11 is 0. The Balaban J connectivity index is 1.70. The Hall–Kier alpha value is -2.28. The average Bonchev–Trinajstić information content (AvgIpc) is 2.69. The fraction of sp³-hybridized carbons (Fsp3) is 0.560. The predicted octanol–water partition coefficient (Wildman–Crippen LogP) is 6.49. The number of rotatable bonds is 7. The monoisotopic (exact) mass is 451 g/mol. The van der Waals surface area contributed by atoms with E-state index in [1.807, 2.05) is 12.1 Å². The highest BCUT2D eigenvalue weighted by Gasteiger charge is 2.40. The van der Waals surface area contributed by atoms with Gasteiger partial charge in [-0.15, -0.1) is 0 Å². The van der Waals surface area contributed by atoms with Crippen molar-refractivity contribution in [2.75, 3.05) is 6.54 Å². The van der Waals surface area contributed by atoms with Gasteiger partial charge in [0.05, 0.1) is 12.5 Å². The molecule has 1 saturated carbocycles. The second-order valence-electron chi connectivity index (χ2n) is 9.80. The summed E-state index contributed by atoms with van der Waals surface area (Å²) in [4.78, 5) is 10.6. The number of carboxylic acid groups (broad SMARTS) is 1. The van der Waals surface area contributed by atoms with Gasteiger partial charge in [-0.3, -0.25) is 4.79 Å². The van der Waals surface area contributed by atoms with E-state index in [9.17, 15) is 18.0 Å². The predicted molar refractivity (Wildman–Crippen MR) is 119 cm³/mol. The van der Waals surface area contributed by atoms with Crippen LogP contribution in [0.4, 0.5) is 13.2 Å². The van der Waals surface area contributed by atoms with E-state index in [4.69, 9.17) is 9.84 Å². The zero-order valence-corrected chi connectivity index (χ0v) is 18.8. The van der Waals surface area contributed by atoms with Crippen LogP contribution in [0.15, 0.2) is 36.4 Å². The quantitative estimate of drug-likeness (QED) is 0.505. The summed E-state index contributed by atoms with van der Waals surface area (Å²) in [5.41, 5.74) is 0.368. The van der Waals surface area contributed by atoms with E-state index in [1.54, 1.807) is 12.1 Å². The molecule has 2 aromatic rings. The molecule has 1 atom stereocenters. The smallest absolute Gasteiger partial charge is 0.407 e. The Morgan fingerprint density at radius 1 is 1.06 bits per heavy atom. The molecule has 3 rings (SSSR count). The molecule has 0 heterocycles. The maximum absolute atomic E-state index is 13.5. The minimum Gasteiger partial charge on any atom is -0.490 e. The van der Waals surface area contributed by atoms with E-state index in [2.05, 4.69) is 26.1 Å². The first-order chi connectivity index (χ1) is 14.9. The zero-order chi connectivity index (χ0) is 23.5. The van der Waals surface area contributed by atoms with Gasteiger partial charge in [0, 0.05) is 6.54 Å². The van der Waals surface area contributed by atoms with Crippen LogP contribution in [-0.2, 0) is 4.79 Å². The first kappa shape index (κ1) is 24.4. The van der Waals surface area contributed by atoms with Gasteiger partial charge in [0.15, 0.2) is 0 Å². The van der Waals surface area contributed by atoms with Crippen LogP contribution in [0.3, 0.4) is 0 Å².